The summed E-state index contributed by atoms with van der Waals surface area (Å²) in [5.41, 5.74) is 13.8. The maximum absolute atomic E-state index is 2.39. The molecule has 0 spiro atoms. The zero-order valence-corrected chi connectivity index (χ0v) is 23.7. The Labute approximate surface area is 238 Å². The van der Waals surface area contributed by atoms with Crippen molar-refractivity contribution in [3.05, 3.63) is 156 Å². The van der Waals surface area contributed by atoms with E-state index in [1.54, 1.807) is 0 Å². The summed E-state index contributed by atoms with van der Waals surface area (Å²) < 4.78 is 0. The first-order valence-corrected chi connectivity index (χ1v) is 14.1. The van der Waals surface area contributed by atoms with Crippen molar-refractivity contribution in [2.45, 2.75) is 33.1 Å². The van der Waals surface area contributed by atoms with Gasteiger partial charge in [0.05, 0.1) is 0 Å². The van der Waals surface area contributed by atoms with Crippen LogP contribution in [0.25, 0.3) is 27.8 Å². The molecule has 0 heterocycles. The lowest BCUT2D eigenvalue weighted by molar-refractivity contribution is 0.660. The first-order valence-electron chi connectivity index (χ1n) is 14.1. The Balaban J connectivity index is 1.45. The van der Waals surface area contributed by atoms with Gasteiger partial charge in [-0.3, -0.25) is 0 Å². The molecule has 1 heteroatoms. The van der Waals surface area contributed by atoms with E-state index >= 15 is 0 Å². The maximum Gasteiger partial charge on any atom is 0.0465 e. The van der Waals surface area contributed by atoms with Crippen molar-refractivity contribution in [1.29, 1.82) is 0 Å². The van der Waals surface area contributed by atoms with Crippen molar-refractivity contribution in [3.63, 3.8) is 0 Å². The van der Waals surface area contributed by atoms with Crippen LogP contribution in [-0.4, -0.2) is 0 Å². The van der Waals surface area contributed by atoms with Crippen LogP contribution in [0, 0.1) is 0 Å². The Hall–Kier alpha value is -4.62. The van der Waals surface area contributed by atoms with Crippen molar-refractivity contribution in [1.82, 2.24) is 0 Å². The van der Waals surface area contributed by atoms with Gasteiger partial charge in [0.15, 0.2) is 0 Å². The average Bonchev–Trinajstić information content (AvgIpc) is 3.23. The molecule has 0 saturated heterocycles. The van der Waals surface area contributed by atoms with Crippen LogP contribution in [0.1, 0.15) is 44.4 Å². The maximum atomic E-state index is 2.39. The van der Waals surface area contributed by atoms with Crippen molar-refractivity contribution in [3.8, 4) is 22.3 Å². The molecule has 0 amide bonds. The second kappa shape index (κ2) is 10.5. The van der Waals surface area contributed by atoms with Crippen molar-refractivity contribution < 1.29 is 0 Å². The zero-order chi connectivity index (χ0) is 27.7. The number of anilines is 3. The second-order valence-corrected chi connectivity index (χ2v) is 11.1. The molecule has 0 radical (unpaired) electrons. The molecule has 0 aromatic heterocycles. The number of nitrogens with zero attached hydrogens (tertiary/aromatic N) is 1. The van der Waals surface area contributed by atoms with Crippen LogP contribution in [0.3, 0.4) is 0 Å². The van der Waals surface area contributed by atoms with Gasteiger partial charge in [-0.05, 0) is 94.8 Å². The predicted octanol–water partition coefficient (Wildman–Crippen LogP) is 11.1. The molecule has 0 fully saturated rings. The van der Waals surface area contributed by atoms with E-state index in [0.717, 1.165) is 11.4 Å². The van der Waals surface area contributed by atoms with E-state index in [4.69, 9.17) is 0 Å². The Bertz CT molecular complexity index is 1700. The lowest BCUT2D eigenvalue weighted by Crippen LogP contribution is -2.16. The fourth-order valence-corrected chi connectivity index (χ4v) is 5.92. The van der Waals surface area contributed by atoms with E-state index in [2.05, 4.69) is 165 Å². The summed E-state index contributed by atoms with van der Waals surface area (Å²) in [4.78, 5) is 2.38. The zero-order valence-electron chi connectivity index (χ0n) is 23.7. The van der Waals surface area contributed by atoms with Gasteiger partial charge in [-0.15, -0.1) is 0 Å². The molecule has 1 nitrogen and oxygen atoms in total. The van der Waals surface area contributed by atoms with Crippen LogP contribution in [0.2, 0.25) is 0 Å². The summed E-state index contributed by atoms with van der Waals surface area (Å²) >= 11 is 0. The molecule has 0 aliphatic heterocycles. The van der Waals surface area contributed by atoms with E-state index in [1.807, 2.05) is 6.92 Å². The molecular formula is C39H35N. The van der Waals surface area contributed by atoms with E-state index in [-0.39, 0.29) is 5.41 Å². The smallest absolute Gasteiger partial charge is 0.0465 e. The van der Waals surface area contributed by atoms with Crippen molar-refractivity contribution in [2.24, 2.45) is 0 Å². The highest BCUT2D eigenvalue weighted by Gasteiger charge is 2.35. The third kappa shape index (κ3) is 4.58. The van der Waals surface area contributed by atoms with E-state index in [1.165, 1.54) is 50.2 Å². The Kier molecular flexibility index (Phi) is 6.74. The normalized spacial score (nSPS) is 13.8. The van der Waals surface area contributed by atoms with Crippen molar-refractivity contribution >= 4 is 22.6 Å². The molecule has 0 saturated carbocycles. The topological polar surface area (TPSA) is 3.24 Å². The van der Waals surface area contributed by atoms with Crippen LogP contribution in [-0.2, 0) is 5.41 Å². The van der Waals surface area contributed by atoms with Gasteiger partial charge in [0.25, 0.3) is 0 Å². The van der Waals surface area contributed by atoms with Gasteiger partial charge in [-0.25, -0.2) is 0 Å². The molecule has 1 aliphatic carbocycles. The van der Waals surface area contributed by atoms with Crippen LogP contribution < -0.4 is 4.90 Å². The fourth-order valence-electron chi connectivity index (χ4n) is 5.92. The lowest BCUT2D eigenvalue weighted by Gasteiger charge is -2.28. The standard InChI is InChI=1S/C39H35N/c1-5-6-12-28(2)29-17-21-32(22-18-29)40(33-23-19-31(20-24-33)30-13-8-7-9-14-30)34-25-26-36-35-15-10-11-16-37(35)39(3,4)38(36)27-34/h5-27H,1-4H3/b6-5+,28-12-. The quantitative estimate of drug-likeness (QED) is 0.202. The lowest BCUT2D eigenvalue weighted by atomic mass is 9.82. The average molecular weight is 518 g/mol. The number of fused-ring (bicyclic) bond motifs is 3. The Morgan fingerprint density at radius 2 is 1.18 bits per heavy atom. The van der Waals surface area contributed by atoms with Gasteiger partial charge < -0.3 is 4.90 Å². The van der Waals surface area contributed by atoms with Crippen LogP contribution >= 0.6 is 0 Å². The summed E-state index contributed by atoms with van der Waals surface area (Å²) in [6.45, 7) is 8.89. The predicted molar refractivity (Wildman–Crippen MR) is 173 cm³/mol. The van der Waals surface area contributed by atoms with Gasteiger partial charge >= 0.3 is 0 Å². The first kappa shape index (κ1) is 25.6. The fraction of sp³-hybridized carbons (Fsp3) is 0.128. The second-order valence-electron chi connectivity index (χ2n) is 11.1. The Morgan fingerprint density at radius 3 is 1.88 bits per heavy atom. The molecule has 6 rings (SSSR count). The molecule has 0 N–H and O–H groups in total. The Morgan fingerprint density at radius 1 is 0.600 bits per heavy atom. The third-order valence-electron chi connectivity index (χ3n) is 8.18. The SMILES string of the molecule is C/C=C/C=C(/C)c1ccc(N(c2ccc(-c3ccccc3)cc2)c2ccc3c(c2)C(C)(C)c2ccccc2-3)cc1. The molecule has 5 aromatic rings. The minimum Gasteiger partial charge on any atom is -0.310 e. The van der Waals surface area contributed by atoms with Gasteiger partial charge in [-0.2, -0.15) is 0 Å². The highest BCUT2D eigenvalue weighted by atomic mass is 15.1. The van der Waals surface area contributed by atoms with Crippen LogP contribution in [0.5, 0.6) is 0 Å². The highest BCUT2D eigenvalue weighted by Crippen LogP contribution is 2.50. The van der Waals surface area contributed by atoms with E-state index in [0.29, 0.717) is 0 Å². The first-order chi connectivity index (χ1) is 19.5. The monoisotopic (exact) mass is 517 g/mol. The molecule has 0 unspecified atom stereocenters. The minimum atomic E-state index is -0.0522. The van der Waals surface area contributed by atoms with E-state index < -0.39 is 0 Å². The summed E-state index contributed by atoms with van der Waals surface area (Å²) in [5.74, 6) is 0. The summed E-state index contributed by atoms with van der Waals surface area (Å²) in [5, 5.41) is 0. The van der Waals surface area contributed by atoms with Gasteiger partial charge in [0, 0.05) is 22.5 Å². The molecular weight excluding hydrogens is 482 g/mol. The molecule has 0 atom stereocenters. The van der Waals surface area contributed by atoms with Gasteiger partial charge in [0.2, 0.25) is 0 Å². The van der Waals surface area contributed by atoms with Crippen molar-refractivity contribution in [2.75, 3.05) is 4.90 Å². The highest BCUT2D eigenvalue weighted by molar-refractivity contribution is 5.86. The summed E-state index contributed by atoms with van der Waals surface area (Å²) in [7, 11) is 0. The van der Waals surface area contributed by atoms with Gasteiger partial charge in [-0.1, -0.05) is 117 Å². The largest absolute Gasteiger partial charge is 0.310 e. The number of benzene rings is 5. The summed E-state index contributed by atoms with van der Waals surface area (Å²) in [6.07, 6.45) is 6.32. The number of hydrogen-bond donors (Lipinski definition) is 0. The molecule has 40 heavy (non-hydrogen) atoms. The third-order valence-corrected chi connectivity index (χ3v) is 8.18. The van der Waals surface area contributed by atoms with Crippen LogP contribution in [0.15, 0.2) is 140 Å². The number of rotatable bonds is 6. The molecule has 5 aromatic carbocycles. The molecule has 196 valence electrons. The minimum absolute atomic E-state index is 0.0522. The molecule has 1 aliphatic rings. The summed E-state index contributed by atoms with van der Waals surface area (Å²) in [6, 6.07) is 44.2. The van der Waals surface area contributed by atoms with Gasteiger partial charge in [0.1, 0.15) is 0 Å². The molecule has 0 bridgehead atoms. The van der Waals surface area contributed by atoms with E-state index in [9.17, 15) is 0 Å². The number of allylic oxidation sites excluding steroid dienone is 4. The number of hydrogen-bond acceptors (Lipinski definition) is 1. The van der Waals surface area contributed by atoms with Crippen LogP contribution in [0.4, 0.5) is 17.1 Å².